The van der Waals surface area contributed by atoms with Gasteiger partial charge in [-0.1, -0.05) is 26.7 Å². The zero-order valence-corrected chi connectivity index (χ0v) is 11.4. The van der Waals surface area contributed by atoms with Gasteiger partial charge in [0.2, 0.25) is 5.91 Å². The molecule has 0 aromatic heterocycles. The SMILES string of the molecule is CCCC(CCC)C(=O)NC(CC(=O)O)C1CC1. The maximum atomic E-state index is 12.1. The lowest BCUT2D eigenvalue weighted by Gasteiger charge is -2.21. The van der Waals surface area contributed by atoms with E-state index in [0.717, 1.165) is 38.5 Å². The number of rotatable bonds is 9. The molecule has 0 heterocycles. The Balaban J connectivity index is 2.49. The van der Waals surface area contributed by atoms with Crippen LogP contribution in [0.3, 0.4) is 0 Å². The monoisotopic (exact) mass is 255 g/mol. The first-order valence-corrected chi connectivity index (χ1v) is 7.10. The summed E-state index contributed by atoms with van der Waals surface area (Å²) in [4.78, 5) is 22.9. The predicted molar refractivity (Wildman–Crippen MR) is 70.2 cm³/mol. The standard InChI is InChI=1S/C14H25NO3/c1-3-5-11(6-4-2)14(18)15-12(9-13(16)17)10-7-8-10/h10-12H,3-9H2,1-2H3,(H,15,18)(H,16,17). The Morgan fingerprint density at radius 1 is 1.22 bits per heavy atom. The molecule has 0 aliphatic heterocycles. The van der Waals surface area contributed by atoms with Crippen LogP contribution in [0.2, 0.25) is 0 Å². The third-order valence-corrected chi connectivity index (χ3v) is 3.56. The molecule has 2 N–H and O–H groups in total. The summed E-state index contributed by atoms with van der Waals surface area (Å²) in [5.74, 6) is -0.337. The number of amides is 1. The smallest absolute Gasteiger partial charge is 0.305 e. The average molecular weight is 255 g/mol. The third-order valence-electron chi connectivity index (χ3n) is 3.56. The summed E-state index contributed by atoms with van der Waals surface area (Å²) in [6.45, 7) is 4.15. The van der Waals surface area contributed by atoms with Crippen LogP contribution in [0.4, 0.5) is 0 Å². The van der Waals surface area contributed by atoms with Crippen molar-refractivity contribution in [2.75, 3.05) is 0 Å². The second-order valence-corrected chi connectivity index (χ2v) is 5.32. The van der Waals surface area contributed by atoms with E-state index < -0.39 is 5.97 Å². The highest BCUT2D eigenvalue weighted by Crippen LogP contribution is 2.34. The average Bonchev–Trinajstić information content (AvgIpc) is 3.11. The first-order chi connectivity index (χ1) is 8.58. The van der Waals surface area contributed by atoms with Crippen LogP contribution < -0.4 is 5.32 Å². The lowest BCUT2D eigenvalue weighted by atomic mass is 9.96. The van der Waals surface area contributed by atoms with Crippen molar-refractivity contribution >= 4 is 11.9 Å². The first-order valence-electron chi connectivity index (χ1n) is 7.10. The molecule has 4 nitrogen and oxygen atoms in total. The number of aliphatic carboxylic acids is 1. The maximum absolute atomic E-state index is 12.1. The van der Waals surface area contributed by atoms with Crippen molar-refractivity contribution in [3.8, 4) is 0 Å². The van der Waals surface area contributed by atoms with Crippen LogP contribution in [0.25, 0.3) is 0 Å². The second kappa shape index (κ2) is 7.39. The van der Waals surface area contributed by atoms with Gasteiger partial charge in [-0.15, -0.1) is 0 Å². The Hall–Kier alpha value is -1.06. The molecule has 1 atom stereocenters. The van der Waals surface area contributed by atoms with E-state index in [0.29, 0.717) is 5.92 Å². The van der Waals surface area contributed by atoms with Crippen molar-refractivity contribution in [1.82, 2.24) is 5.32 Å². The van der Waals surface area contributed by atoms with E-state index >= 15 is 0 Å². The molecule has 18 heavy (non-hydrogen) atoms. The largest absolute Gasteiger partial charge is 0.481 e. The fourth-order valence-corrected chi connectivity index (χ4v) is 2.43. The first kappa shape index (κ1) is 15.0. The molecule has 1 amide bonds. The number of hydrogen-bond acceptors (Lipinski definition) is 2. The van der Waals surface area contributed by atoms with Crippen molar-refractivity contribution in [1.29, 1.82) is 0 Å². The van der Waals surface area contributed by atoms with Crippen molar-refractivity contribution in [3.05, 3.63) is 0 Å². The zero-order valence-electron chi connectivity index (χ0n) is 11.4. The molecule has 104 valence electrons. The number of hydrogen-bond donors (Lipinski definition) is 2. The molecule has 0 saturated heterocycles. The summed E-state index contributed by atoms with van der Waals surface area (Å²) in [7, 11) is 0. The zero-order chi connectivity index (χ0) is 13.5. The van der Waals surface area contributed by atoms with Crippen molar-refractivity contribution in [3.63, 3.8) is 0 Å². The summed E-state index contributed by atoms with van der Waals surface area (Å²) in [5, 5.41) is 11.8. The van der Waals surface area contributed by atoms with E-state index in [4.69, 9.17) is 5.11 Å². The molecule has 1 aliphatic carbocycles. The Morgan fingerprint density at radius 2 is 1.78 bits per heavy atom. The van der Waals surface area contributed by atoms with E-state index in [1.54, 1.807) is 0 Å². The number of carbonyl (C=O) groups is 2. The lowest BCUT2D eigenvalue weighted by Crippen LogP contribution is -2.41. The summed E-state index contributed by atoms with van der Waals surface area (Å²) in [6.07, 6.45) is 5.92. The second-order valence-electron chi connectivity index (χ2n) is 5.32. The number of carbonyl (C=O) groups excluding carboxylic acids is 1. The highest BCUT2D eigenvalue weighted by Gasteiger charge is 2.34. The van der Waals surface area contributed by atoms with Crippen LogP contribution in [0.1, 0.15) is 58.8 Å². The van der Waals surface area contributed by atoms with E-state index in [1.165, 1.54) is 0 Å². The van der Waals surface area contributed by atoms with Crippen LogP contribution in [-0.4, -0.2) is 23.0 Å². The van der Waals surface area contributed by atoms with Gasteiger partial charge in [0.1, 0.15) is 0 Å². The Labute approximate surface area is 109 Å². The molecular formula is C14H25NO3. The molecule has 1 rings (SSSR count). The molecule has 0 bridgehead atoms. The number of carboxylic acids is 1. The summed E-state index contributed by atoms with van der Waals surface area (Å²) >= 11 is 0. The normalized spacial score (nSPS) is 16.6. The van der Waals surface area contributed by atoms with E-state index in [-0.39, 0.29) is 24.3 Å². The van der Waals surface area contributed by atoms with Gasteiger partial charge in [-0.3, -0.25) is 9.59 Å². The van der Waals surface area contributed by atoms with Gasteiger partial charge in [0, 0.05) is 12.0 Å². The van der Waals surface area contributed by atoms with Crippen LogP contribution in [0.5, 0.6) is 0 Å². The minimum absolute atomic E-state index is 0.0510. The summed E-state index contributed by atoms with van der Waals surface area (Å²) < 4.78 is 0. The van der Waals surface area contributed by atoms with Crippen LogP contribution in [0.15, 0.2) is 0 Å². The molecule has 4 heteroatoms. The Kier molecular flexibility index (Phi) is 6.16. The minimum Gasteiger partial charge on any atom is -0.481 e. The number of carboxylic acid groups (broad SMARTS) is 1. The third kappa shape index (κ3) is 5.07. The Morgan fingerprint density at radius 3 is 2.17 bits per heavy atom. The molecule has 0 spiro atoms. The molecule has 0 radical (unpaired) electrons. The van der Waals surface area contributed by atoms with Crippen LogP contribution in [0, 0.1) is 11.8 Å². The molecule has 0 aromatic carbocycles. The van der Waals surface area contributed by atoms with E-state index in [2.05, 4.69) is 19.2 Å². The highest BCUT2D eigenvalue weighted by atomic mass is 16.4. The maximum Gasteiger partial charge on any atom is 0.305 e. The van der Waals surface area contributed by atoms with Crippen LogP contribution in [-0.2, 0) is 9.59 Å². The topological polar surface area (TPSA) is 66.4 Å². The van der Waals surface area contributed by atoms with Crippen molar-refractivity contribution in [2.45, 2.75) is 64.8 Å². The fraction of sp³-hybridized carbons (Fsp3) is 0.857. The fourth-order valence-electron chi connectivity index (χ4n) is 2.43. The van der Waals surface area contributed by atoms with Crippen LogP contribution >= 0.6 is 0 Å². The van der Waals surface area contributed by atoms with Crippen molar-refractivity contribution in [2.24, 2.45) is 11.8 Å². The van der Waals surface area contributed by atoms with E-state index in [9.17, 15) is 9.59 Å². The summed E-state index contributed by atoms with van der Waals surface area (Å²) in [6, 6.07) is -0.161. The van der Waals surface area contributed by atoms with Gasteiger partial charge in [0.05, 0.1) is 6.42 Å². The number of nitrogens with one attached hydrogen (secondary N) is 1. The quantitative estimate of drug-likeness (QED) is 0.665. The minimum atomic E-state index is -0.824. The van der Waals surface area contributed by atoms with E-state index in [1.807, 2.05) is 0 Å². The van der Waals surface area contributed by atoms with Gasteiger partial charge in [-0.25, -0.2) is 0 Å². The van der Waals surface area contributed by atoms with Gasteiger partial charge in [-0.2, -0.15) is 0 Å². The molecule has 1 saturated carbocycles. The molecule has 0 aromatic rings. The molecule has 1 aliphatic rings. The predicted octanol–water partition coefficient (Wildman–Crippen LogP) is 2.57. The van der Waals surface area contributed by atoms with Gasteiger partial charge < -0.3 is 10.4 Å². The van der Waals surface area contributed by atoms with Gasteiger partial charge in [0.15, 0.2) is 0 Å². The van der Waals surface area contributed by atoms with Crippen molar-refractivity contribution < 1.29 is 14.7 Å². The lowest BCUT2D eigenvalue weighted by molar-refractivity contribution is -0.138. The van der Waals surface area contributed by atoms with Gasteiger partial charge >= 0.3 is 5.97 Å². The van der Waals surface area contributed by atoms with Gasteiger partial charge in [0.25, 0.3) is 0 Å². The molecule has 1 fully saturated rings. The Bertz CT molecular complexity index is 281. The molecular weight excluding hydrogens is 230 g/mol. The highest BCUT2D eigenvalue weighted by molar-refractivity contribution is 5.79. The summed E-state index contributed by atoms with van der Waals surface area (Å²) in [5.41, 5.74) is 0. The molecule has 1 unspecified atom stereocenters. The van der Waals surface area contributed by atoms with Gasteiger partial charge in [-0.05, 0) is 31.6 Å².